The quantitative estimate of drug-likeness (QED) is 0.603. The smallest absolute Gasteiger partial charge is 0.263 e. The first-order valence-electron chi connectivity index (χ1n) is 4.77. The van der Waals surface area contributed by atoms with Gasteiger partial charge in [0.15, 0.2) is 0 Å². The number of hydrogen-bond donors (Lipinski definition) is 0. The lowest BCUT2D eigenvalue weighted by Crippen LogP contribution is -2.47. The van der Waals surface area contributed by atoms with Gasteiger partial charge in [-0.3, -0.25) is 4.90 Å². The van der Waals surface area contributed by atoms with Crippen molar-refractivity contribution in [3.05, 3.63) is 12.2 Å². The highest BCUT2D eigenvalue weighted by Crippen LogP contribution is 2.31. The molecular formula is C10H17F2N. The highest BCUT2D eigenvalue weighted by Gasteiger charge is 2.41. The van der Waals surface area contributed by atoms with Crippen LogP contribution in [0.15, 0.2) is 12.2 Å². The topological polar surface area (TPSA) is 3.24 Å². The Balaban J connectivity index is 2.46. The van der Waals surface area contributed by atoms with Crippen LogP contribution in [0.5, 0.6) is 0 Å². The molecule has 0 aliphatic carbocycles. The number of likely N-dealkylation sites (tertiary alicyclic amines) is 1. The van der Waals surface area contributed by atoms with E-state index >= 15 is 0 Å². The van der Waals surface area contributed by atoms with Crippen molar-refractivity contribution in [3.8, 4) is 0 Å². The van der Waals surface area contributed by atoms with Gasteiger partial charge in [0.05, 0.1) is 6.54 Å². The van der Waals surface area contributed by atoms with E-state index in [1.807, 2.05) is 19.1 Å². The first-order chi connectivity index (χ1) is 6.06. The fourth-order valence-corrected chi connectivity index (χ4v) is 1.53. The van der Waals surface area contributed by atoms with Gasteiger partial charge in [-0.05, 0) is 19.9 Å². The lowest BCUT2D eigenvalue weighted by molar-refractivity contribution is -0.102. The van der Waals surface area contributed by atoms with E-state index in [0.29, 0.717) is 13.0 Å². The molecule has 0 saturated carbocycles. The van der Waals surface area contributed by atoms with E-state index in [-0.39, 0.29) is 6.54 Å². The zero-order chi connectivity index (χ0) is 9.90. The van der Waals surface area contributed by atoms with Gasteiger partial charge in [0.1, 0.15) is 0 Å². The molecule has 1 aliphatic heterocycles. The van der Waals surface area contributed by atoms with Gasteiger partial charge < -0.3 is 0 Å². The molecule has 0 spiro atoms. The summed E-state index contributed by atoms with van der Waals surface area (Å²) in [6.45, 7) is 4.90. The Labute approximate surface area is 78.4 Å². The molecule has 1 atom stereocenters. The van der Waals surface area contributed by atoms with Crippen LogP contribution in [-0.4, -0.2) is 30.5 Å². The van der Waals surface area contributed by atoms with E-state index in [0.717, 1.165) is 6.54 Å². The fourth-order valence-electron chi connectivity index (χ4n) is 1.53. The second kappa shape index (κ2) is 4.18. The van der Waals surface area contributed by atoms with Crippen molar-refractivity contribution in [1.29, 1.82) is 0 Å². The zero-order valence-corrected chi connectivity index (χ0v) is 8.26. The Morgan fingerprint density at radius 1 is 1.54 bits per heavy atom. The maximum Gasteiger partial charge on any atom is 0.263 e. The lowest BCUT2D eigenvalue weighted by Gasteiger charge is -2.36. The van der Waals surface area contributed by atoms with E-state index in [4.69, 9.17) is 0 Å². The Bertz CT molecular complexity index is 189. The first kappa shape index (κ1) is 10.6. The normalized spacial score (nSPS) is 29.7. The Morgan fingerprint density at radius 3 is 2.77 bits per heavy atom. The summed E-state index contributed by atoms with van der Waals surface area (Å²) < 4.78 is 26.4. The molecule has 1 fully saturated rings. The summed E-state index contributed by atoms with van der Waals surface area (Å²) in [5, 5.41) is 0. The van der Waals surface area contributed by atoms with Crippen molar-refractivity contribution in [2.75, 3.05) is 19.6 Å². The second-order valence-electron chi connectivity index (χ2n) is 3.75. The van der Waals surface area contributed by atoms with Gasteiger partial charge >= 0.3 is 0 Å². The third-order valence-corrected chi connectivity index (χ3v) is 2.63. The van der Waals surface area contributed by atoms with Crippen LogP contribution in [0.3, 0.4) is 0 Å². The summed E-state index contributed by atoms with van der Waals surface area (Å²) in [6.07, 6.45) is 4.42. The molecule has 0 radical (unpaired) electrons. The standard InChI is InChI=1S/C10H17F2N/c1-3-4-6-13-7-5-9(2)10(11,12)8-13/h3-4,9H,5-8H2,1-2H3/b4-3+. The monoisotopic (exact) mass is 189 g/mol. The van der Waals surface area contributed by atoms with Crippen LogP contribution in [0.4, 0.5) is 8.78 Å². The molecule has 3 heteroatoms. The van der Waals surface area contributed by atoms with Crippen molar-refractivity contribution in [2.24, 2.45) is 5.92 Å². The SMILES string of the molecule is C/C=C/CN1CCC(C)C(F)(F)C1. The average Bonchev–Trinajstić information content (AvgIpc) is 2.07. The van der Waals surface area contributed by atoms with Gasteiger partial charge in [-0.15, -0.1) is 0 Å². The number of alkyl halides is 2. The minimum absolute atomic E-state index is 0.0848. The molecule has 0 aromatic heterocycles. The van der Waals surface area contributed by atoms with Crippen molar-refractivity contribution < 1.29 is 8.78 Å². The largest absolute Gasteiger partial charge is 0.294 e. The average molecular weight is 189 g/mol. The van der Waals surface area contributed by atoms with Gasteiger partial charge in [-0.25, -0.2) is 8.78 Å². The molecule has 1 rings (SSSR count). The highest BCUT2D eigenvalue weighted by molar-refractivity contribution is 4.88. The minimum atomic E-state index is -2.50. The number of allylic oxidation sites excluding steroid dienone is 1. The summed E-state index contributed by atoms with van der Waals surface area (Å²) in [6, 6.07) is 0. The molecule has 0 aromatic rings. The molecule has 13 heavy (non-hydrogen) atoms. The van der Waals surface area contributed by atoms with E-state index in [2.05, 4.69) is 0 Å². The van der Waals surface area contributed by atoms with Crippen LogP contribution >= 0.6 is 0 Å². The van der Waals surface area contributed by atoms with Crippen LogP contribution in [0.1, 0.15) is 20.3 Å². The summed E-state index contributed by atoms with van der Waals surface area (Å²) in [5.41, 5.74) is 0. The van der Waals surface area contributed by atoms with E-state index in [1.54, 1.807) is 11.8 Å². The second-order valence-corrected chi connectivity index (χ2v) is 3.75. The van der Waals surface area contributed by atoms with Crippen LogP contribution in [0.25, 0.3) is 0 Å². The molecule has 1 saturated heterocycles. The molecule has 0 bridgehead atoms. The van der Waals surface area contributed by atoms with Crippen molar-refractivity contribution in [2.45, 2.75) is 26.2 Å². The third-order valence-electron chi connectivity index (χ3n) is 2.63. The van der Waals surface area contributed by atoms with Crippen molar-refractivity contribution in [1.82, 2.24) is 4.90 Å². The first-order valence-corrected chi connectivity index (χ1v) is 4.77. The maximum atomic E-state index is 13.2. The number of nitrogens with zero attached hydrogens (tertiary/aromatic N) is 1. The van der Waals surface area contributed by atoms with Crippen LogP contribution in [0, 0.1) is 5.92 Å². The number of hydrogen-bond acceptors (Lipinski definition) is 1. The maximum absolute atomic E-state index is 13.2. The Hall–Kier alpha value is -0.440. The summed E-state index contributed by atoms with van der Waals surface area (Å²) in [7, 11) is 0. The van der Waals surface area contributed by atoms with Gasteiger partial charge in [-0.2, -0.15) is 0 Å². The van der Waals surface area contributed by atoms with Crippen LogP contribution in [0.2, 0.25) is 0 Å². The molecule has 76 valence electrons. The fraction of sp³-hybridized carbons (Fsp3) is 0.800. The molecule has 1 aliphatic rings. The van der Waals surface area contributed by atoms with E-state index < -0.39 is 11.8 Å². The molecule has 1 heterocycles. The minimum Gasteiger partial charge on any atom is -0.294 e. The molecule has 1 unspecified atom stereocenters. The van der Waals surface area contributed by atoms with Crippen LogP contribution < -0.4 is 0 Å². The third kappa shape index (κ3) is 2.76. The molecule has 1 nitrogen and oxygen atoms in total. The number of rotatable bonds is 2. The Kier molecular flexibility index (Phi) is 3.42. The molecule has 0 aromatic carbocycles. The van der Waals surface area contributed by atoms with E-state index in [9.17, 15) is 8.78 Å². The summed E-state index contributed by atoms with van der Waals surface area (Å²) >= 11 is 0. The van der Waals surface area contributed by atoms with Crippen molar-refractivity contribution in [3.63, 3.8) is 0 Å². The zero-order valence-electron chi connectivity index (χ0n) is 8.26. The summed E-state index contributed by atoms with van der Waals surface area (Å²) in [5.74, 6) is -2.96. The lowest BCUT2D eigenvalue weighted by atomic mass is 9.95. The summed E-state index contributed by atoms with van der Waals surface area (Å²) in [4.78, 5) is 1.81. The van der Waals surface area contributed by atoms with Crippen LogP contribution in [-0.2, 0) is 0 Å². The van der Waals surface area contributed by atoms with Crippen molar-refractivity contribution >= 4 is 0 Å². The van der Waals surface area contributed by atoms with Gasteiger partial charge in [0.2, 0.25) is 0 Å². The van der Waals surface area contributed by atoms with Gasteiger partial charge in [0.25, 0.3) is 5.92 Å². The molecule has 0 amide bonds. The molecule has 0 N–H and O–H groups in total. The predicted molar refractivity (Wildman–Crippen MR) is 50.0 cm³/mol. The Morgan fingerprint density at radius 2 is 2.23 bits per heavy atom. The highest BCUT2D eigenvalue weighted by atomic mass is 19.3. The van der Waals surface area contributed by atoms with E-state index in [1.165, 1.54) is 0 Å². The number of piperidine rings is 1. The predicted octanol–water partition coefficient (Wildman–Crippen LogP) is 2.54. The number of halogens is 2. The molecular weight excluding hydrogens is 172 g/mol. The van der Waals surface area contributed by atoms with Gasteiger partial charge in [-0.1, -0.05) is 19.1 Å². The van der Waals surface area contributed by atoms with Gasteiger partial charge in [0, 0.05) is 12.5 Å².